The molecule has 30 heavy (non-hydrogen) atoms. The van der Waals surface area contributed by atoms with Crippen molar-refractivity contribution >= 4 is 23.6 Å². The molecule has 2 aliphatic heterocycles. The summed E-state index contributed by atoms with van der Waals surface area (Å²) in [6.07, 6.45) is -1.19. The lowest BCUT2D eigenvalue weighted by Crippen LogP contribution is -2.50. The van der Waals surface area contributed by atoms with E-state index in [0.29, 0.717) is 6.07 Å². The van der Waals surface area contributed by atoms with Gasteiger partial charge in [-0.1, -0.05) is 11.7 Å². The van der Waals surface area contributed by atoms with Gasteiger partial charge in [0.05, 0.1) is 18.4 Å². The molecule has 2 heterocycles. The van der Waals surface area contributed by atoms with Crippen LogP contribution >= 0.6 is 0 Å². The zero-order chi connectivity index (χ0) is 21.9. The number of benzene rings is 1. The second-order valence-corrected chi connectivity index (χ2v) is 6.71. The number of carbonyl (C=O) groups is 3. The van der Waals surface area contributed by atoms with Gasteiger partial charge in [0.2, 0.25) is 5.60 Å². The molecule has 12 heteroatoms. The predicted octanol–water partition coefficient (Wildman–Crippen LogP) is 0.587. The van der Waals surface area contributed by atoms with Crippen molar-refractivity contribution < 1.29 is 37.8 Å². The van der Waals surface area contributed by atoms with Gasteiger partial charge in [0.1, 0.15) is 17.7 Å². The highest BCUT2D eigenvalue weighted by atomic mass is 19.1. The molecule has 0 spiro atoms. The number of hydrogen-bond donors (Lipinski definition) is 4. The van der Waals surface area contributed by atoms with Crippen molar-refractivity contribution in [3.8, 4) is 0 Å². The second-order valence-electron chi connectivity index (χ2n) is 6.71. The lowest BCUT2D eigenvalue weighted by atomic mass is 9.92. The van der Waals surface area contributed by atoms with Crippen LogP contribution in [0.1, 0.15) is 18.4 Å². The number of rotatable bonds is 5. The van der Waals surface area contributed by atoms with Gasteiger partial charge in [0, 0.05) is 24.5 Å². The Morgan fingerprint density at radius 1 is 1.23 bits per heavy atom. The first-order valence-electron chi connectivity index (χ1n) is 8.79. The van der Waals surface area contributed by atoms with Crippen LogP contribution < -0.4 is 16.2 Å². The Morgan fingerprint density at radius 2 is 1.93 bits per heavy atom. The molecule has 4 N–H and O–H groups in total. The summed E-state index contributed by atoms with van der Waals surface area (Å²) < 4.78 is 32.2. The molecule has 3 atom stereocenters. The van der Waals surface area contributed by atoms with E-state index in [2.05, 4.69) is 17.1 Å². The van der Waals surface area contributed by atoms with Gasteiger partial charge < -0.3 is 20.0 Å². The number of amides is 3. The van der Waals surface area contributed by atoms with Crippen LogP contribution in [0.2, 0.25) is 0 Å². The average Bonchev–Trinajstić information content (AvgIpc) is 3.33. The van der Waals surface area contributed by atoms with Crippen LogP contribution in [0.3, 0.4) is 0 Å². The maximum atomic E-state index is 13.5. The molecule has 3 amide bonds. The van der Waals surface area contributed by atoms with Crippen molar-refractivity contribution in [2.75, 3.05) is 6.61 Å². The van der Waals surface area contributed by atoms with Gasteiger partial charge >= 0.3 is 6.09 Å². The number of carbonyl (C=O) groups excluding carboxylic acids is 2. The number of halogens is 2. The molecule has 0 bridgehead atoms. The number of hydrogen-bond acceptors (Lipinski definition) is 6. The third-order valence-corrected chi connectivity index (χ3v) is 4.58. The van der Waals surface area contributed by atoms with Crippen LogP contribution in [0.25, 0.3) is 0 Å². The second kappa shape index (κ2) is 8.45. The van der Waals surface area contributed by atoms with E-state index in [9.17, 15) is 23.2 Å². The predicted molar refractivity (Wildman–Crippen MR) is 97.1 cm³/mol. The van der Waals surface area contributed by atoms with Crippen LogP contribution in [0.15, 0.2) is 36.0 Å². The quantitative estimate of drug-likeness (QED) is 0.403. The summed E-state index contributed by atoms with van der Waals surface area (Å²) in [5.74, 6) is -2.91. The van der Waals surface area contributed by atoms with Gasteiger partial charge in [0.15, 0.2) is 0 Å². The van der Waals surface area contributed by atoms with Gasteiger partial charge in [-0.25, -0.2) is 19.0 Å². The summed E-state index contributed by atoms with van der Waals surface area (Å²) >= 11 is 0. The van der Waals surface area contributed by atoms with Crippen LogP contribution in [0.5, 0.6) is 0 Å². The SMILES string of the molecule is C=C[C@]1(C(=O)N[C@H]2CO[C@@H](C(=O)NNC(=O)O)C2)CC(c2cc(F)cc(F)c2)=NO1. The van der Waals surface area contributed by atoms with Gasteiger partial charge in [-0.2, -0.15) is 0 Å². The van der Waals surface area contributed by atoms with E-state index in [1.54, 1.807) is 5.43 Å². The third kappa shape index (κ3) is 4.54. The summed E-state index contributed by atoms with van der Waals surface area (Å²) in [6.45, 7) is 3.60. The molecule has 2 aliphatic rings. The third-order valence-electron chi connectivity index (χ3n) is 4.58. The average molecular weight is 424 g/mol. The van der Waals surface area contributed by atoms with Gasteiger partial charge in [-0.15, -0.1) is 0 Å². The normalized spacial score (nSPS) is 25.1. The van der Waals surface area contributed by atoms with Crippen molar-refractivity contribution in [2.45, 2.75) is 30.6 Å². The largest absolute Gasteiger partial charge is 0.464 e. The lowest BCUT2D eigenvalue weighted by Gasteiger charge is -2.23. The minimum atomic E-state index is -1.59. The van der Waals surface area contributed by atoms with Gasteiger partial charge in [0.25, 0.3) is 11.8 Å². The zero-order valence-corrected chi connectivity index (χ0v) is 15.5. The topological polar surface area (TPSA) is 138 Å². The molecule has 1 aromatic rings. The summed E-state index contributed by atoms with van der Waals surface area (Å²) in [5, 5.41) is 14.9. The Kier molecular flexibility index (Phi) is 5.96. The Hall–Kier alpha value is -3.54. The van der Waals surface area contributed by atoms with E-state index in [1.807, 2.05) is 5.43 Å². The highest BCUT2D eigenvalue weighted by molar-refractivity contribution is 6.06. The first-order chi connectivity index (χ1) is 14.2. The Bertz CT molecular complexity index is 904. The molecule has 1 fully saturated rings. The molecular formula is C18H18F2N4O6. The maximum absolute atomic E-state index is 13.5. The highest BCUT2D eigenvalue weighted by Crippen LogP contribution is 2.29. The molecule has 3 rings (SSSR count). The Morgan fingerprint density at radius 3 is 2.57 bits per heavy atom. The fourth-order valence-electron chi connectivity index (χ4n) is 3.06. The molecule has 0 aromatic heterocycles. The molecule has 1 saturated heterocycles. The first kappa shape index (κ1) is 21.2. The van der Waals surface area contributed by atoms with E-state index in [1.165, 1.54) is 6.08 Å². The van der Waals surface area contributed by atoms with Crippen molar-refractivity contribution in [1.29, 1.82) is 0 Å². The fourth-order valence-corrected chi connectivity index (χ4v) is 3.06. The number of carboxylic acid groups (broad SMARTS) is 1. The van der Waals surface area contributed by atoms with E-state index >= 15 is 0 Å². The van der Waals surface area contributed by atoms with Crippen molar-refractivity contribution in [2.24, 2.45) is 5.16 Å². The molecule has 160 valence electrons. The fraction of sp³-hybridized carbons (Fsp3) is 0.333. The maximum Gasteiger partial charge on any atom is 0.423 e. The zero-order valence-electron chi connectivity index (χ0n) is 15.5. The number of ether oxygens (including phenoxy) is 1. The lowest BCUT2D eigenvalue weighted by molar-refractivity contribution is -0.139. The molecule has 10 nitrogen and oxygen atoms in total. The van der Waals surface area contributed by atoms with E-state index < -0.39 is 47.3 Å². The molecule has 0 saturated carbocycles. The van der Waals surface area contributed by atoms with E-state index in [-0.39, 0.29) is 30.7 Å². The minimum absolute atomic E-state index is 0.00689. The Labute approximate surface area is 168 Å². The smallest absolute Gasteiger partial charge is 0.423 e. The summed E-state index contributed by atoms with van der Waals surface area (Å²) in [5.41, 5.74) is 2.38. The van der Waals surface area contributed by atoms with Crippen LogP contribution in [-0.2, 0) is 19.2 Å². The summed E-state index contributed by atoms with van der Waals surface area (Å²) in [4.78, 5) is 40.3. The molecule has 0 unspecified atom stereocenters. The molecule has 0 aliphatic carbocycles. The number of nitrogens with zero attached hydrogens (tertiary/aromatic N) is 1. The monoisotopic (exact) mass is 424 g/mol. The van der Waals surface area contributed by atoms with Gasteiger partial charge in [-0.3, -0.25) is 15.0 Å². The van der Waals surface area contributed by atoms with Crippen molar-refractivity contribution in [3.63, 3.8) is 0 Å². The van der Waals surface area contributed by atoms with Crippen LogP contribution in [0, 0.1) is 11.6 Å². The minimum Gasteiger partial charge on any atom is -0.464 e. The standard InChI is InChI=1S/C18H18F2N4O6/c1-2-18(7-13(24-30-18)9-3-10(19)5-11(20)4-9)16(26)21-12-6-14(29-8-12)15(25)22-23-17(27)28/h2-5,12,14,23H,1,6-8H2,(H,21,26)(H,22,25)(H,27,28)/t12-,14-,18-/m1/s1. The molecule has 1 aromatic carbocycles. The van der Waals surface area contributed by atoms with Crippen molar-refractivity contribution in [1.82, 2.24) is 16.2 Å². The van der Waals surface area contributed by atoms with Crippen LogP contribution in [-0.4, -0.2) is 53.1 Å². The highest BCUT2D eigenvalue weighted by Gasteiger charge is 2.46. The van der Waals surface area contributed by atoms with Crippen molar-refractivity contribution in [3.05, 3.63) is 48.1 Å². The Balaban J connectivity index is 1.60. The molecule has 0 radical (unpaired) electrons. The summed E-state index contributed by atoms with van der Waals surface area (Å²) in [7, 11) is 0. The van der Waals surface area contributed by atoms with Gasteiger partial charge in [-0.05, 0) is 18.2 Å². The number of hydrazine groups is 1. The van der Waals surface area contributed by atoms with E-state index in [0.717, 1.165) is 12.1 Å². The number of oxime groups is 1. The van der Waals surface area contributed by atoms with Crippen LogP contribution in [0.4, 0.5) is 13.6 Å². The van der Waals surface area contributed by atoms with E-state index in [4.69, 9.17) is 14.7 Å². The first-order valence-corrected chi connectivity index (χ1v) is 8.79. The summed E-state index contributed by atoms with van der Waals surface area (Å²) in [6, 6.07) is 2.30. The number of nitrogens with one attached hydrogen (secondary N) is 3. The molecular weight excluding hydrogens is 406 g/mol.